The number of phosphoric acid groups is 2. The number of esters is 3. The third-order valence-electron chi connectivity index (χ3n) is 14.7. The van der Waals surface area contributed by atoms with Crippen LogP contribution in [-0.2, 0) is 55.8 Å². The highest BCUT2D eigenvalue weighted by molar-refractivity contribution is 7.47. The van der Waals surface area contributed by atoms with Crippen molar-refractivity contribution in [3.05, 3.63) is 158 Å². The van der Waals surface area contributed by atoms with Gasteiger partial charge in [-0.3, -0.25) is 32.5 Å². The molecule has 5 atom stereocenters. The molecule has 97 heavy (non-hydrogen) atoms. The Bertz CT molecular complexity index is 2400. The van der Waals surface area contributed by atoms with Crippen molar-refractivity contribution in [2.75, 3.05) is 39.6 Å². The van der Waals surface area contributed by atoms with Crippen LogP contribution in [0.5, 0.6) is 0 Å². The normalized spacial score (nSPS) is 15.0. The molecule has 0 aliphatic rings. The van der Waals surface area contributed by atoms with Gasteiger partial charge >= 0.3 is 33.6 Å². The Morgan fingerprint density at radius 2 is 0.546 bits per heavy atom. The zero-order valence-corrected chi connectivity index (χ0v) is 61.7. The highest BCUT2D eigenvalue weighted by Gasteiger charge is 2.29. The van der Waals surface area contributed by atoms with Crippen molar-refractivity contribution in [3.8, 4) is 0 Å². The average molecular weight is 1400 g/mol. The summed E-state index contributed by atoms with van der Waals surface area (Å²) in [6, 6.07) is 0. The van der Waals surface area contributed by atoms with Crippen LogP contribution >= 0.6 is 15.6 Å². The van der Waals surface area contributed by atoms with E-state index in [0.29, 0.717) is 19.3 Å². The minimum Gasteiger partial charge on any atom is -0.463 e. The van der Waals surface area contributed by atoms with Gasteiger partial charge in [0.05, 0.1) is 26.4 Å². The number of phosphoric ester groups is 2. The third-order valence-corrected chi connectivity index (χ3v) is 16.6. The molecule has 0 heterocycles. The molecule has 0 aromatic rings. The van der Waals surface area contributed by atoms with Gasteiger partial charge in [-0.1, -0.05) is 262 Å². The Balaban J connectivity index is 4.52. The molecule has 0 aromatic heterocycles. The number of hydrogen-bond acceptors (Lipinski definition) is 14. The summed E-state index contributed by atoms with van der Waals surface area (Å²) in [6.07, 6.45) is 87.4. The quantitative estimate of drug-likeness (QED) is 0.0146. The molecule has 0 rings (SSSR count). The number of aliphatic hydroxyl groups is 2. The lowest BCUT2D eigenvalue weighted by molar-refractivity contribution is -0.161. The van der Waals surface area contributed by atoms with Gasteiger partial charge < -0.3 is 34.2 Å². The highest BCUT2D eigenvalue weighted by Crippen LogP contribution is 2.45. The number of carbonyl (C=O) groups is 3. The third kappa shape index (κ3) is 72.2. The summed E-state index contributed by atoms with van der Waals surface area (Å²) in [7, 11) is -9.80. The van der Waals surface area contributed by atoms with Crippen LogP contribution in [0.4, 0.5) is 0 Å². The topological polar surface area (TPSA) is 231 Å². The fourth-order valence-electron chi connectivity index (χ4n) is 9.15. The summed E-state index contributed by atoms with van der Waals surface area (Å²) >= 11 is 0. The Hall–Kier alpha value is -4.83. The first kappa shape index (κ1) is 92.2. The number of aliphatic hydroxyl groups excluding tert-OH is 2. The zero-order valence-electron chi connectivity index (χ0n) is 59.9. The first-order chi connectivity index (χ1) is 47.2. The van der Waals surface area contributed by atoms with Gasteiger partial charge in [-0.2, -0.15) is 0 Å². The smallest absolute Gasteiger partial charge is 0.463 e. The summed E-state index contributed by atoms with van der Waals surface area (Å²) in [5, 5.41) is 20.6. The molecule has 0 spiro atoms. The SMILES string of the molecule is CC/C=C\C/C=C\C/C=C\C/C=C\C/C=C\C/C=C\CCCCCCCCCCCCC(=O)OCC(O)COP(=O)(O)OCC(O)COP(=O)(O)OCC(COC(=O)CCCC/C=C\C/C=C\C/C=C\C/C=C\C/C=C\C/C=C\CC)OC(=O)CCCCCCC/C=C\CCCC. The maximum Gasteiger partial charge on any atom is 0.472 e. The van der Waals surface area contributed by atoms with E-state index in [9.17, 15) is 43.5 Å². The second-order valence-corrected chi connectivity index (χ2v) is 26.9. The van der Waals surface area contributed by atoms with Crippen molar-refractivity contribution >= 4 is 33.6 Å². The highest BCUT2D eigenvalue weighted by atomic mass is 31.2. The molecule has 0 fully saturated rings. The van der Waals surface area contributed by atoms with E-state index in [1.165, 1.54) is 44.9 Å². The second-order valence-electron chi connectivity index (χ2n) is 24.0. The molecule has 0 aliphatic carbocycles. The first-order valence-corrected chi connectivity index (χ1v) is 39.8. The molecule has 16 nitrogen and oxygen atoms in total. The number of ether oxygens (including phenoxy) is 3. The van der Waals surface area contributed by atoms with Crippen molar-refractivity contribution in [2.45, 2.75) is 283 Å². The minimum absolute atomic E-state index is 0.0795. The zero-order chi connectivity index (χ0) is 70.9. The maximum atomic E-state index is 12.9. The second kappa shape index (κ2) is 71.0. The molecular formula is C79H130O16P2. The Morgan fingerprint density at radius 1 is 0.299 bits per heavy atom. The van der Waals surface area contributed by atoms with Gasteiger partial charge in [0, 0.05) is 19.3 Å². The van der Waals surface area contributed by atoms with Crippen LogP contribution in [0.3, 0.4) is 0 Å². The lowest BCUT2D eigenvalue weighted by Crippen LogP contribution is -2.30. The lowest BCUT2D eigenvalue weighted by Gasteiger charge is -2.21. The van der Waals surface area contributed by atoms with E-state index in [1.54, 1.807) is 0 Å². The maximum absolute atomic E-state index is 12.9. The average Bonchev–Trinajstić information content (AvgIpc) is 3.74. The molecule has 0 radical (unpaired) electrons. The fraction of sp³-hybridized carbons (Fsp3) is 0.633. The van der Waals surface area contributed by atoms with E-state index in [2.05, 4.69) is 179 Å². The largest absolute Gasteiger partial charge is 0.472 e. The number of carbonyl (C=O) groups excluding carboxylic acids is 3. The lowest BCUT2D eigenvalue weighted by atomic mass is 10.1. The summed E-state index contributed by atoms with van der Waals surface area (Å²) in [5.41, 5.74) is 0. The summed E-state index contributed by atoms with van der Waals surface area (Å²) < 4.78 is 60.9. The van der Waals surface area contributed by atoms with Gasteiger partial charge in [0.25, 0.3) is 0 Å². The van der Waals surface area contributed by atoms with Crippen molar-refractivity contribution in [3.63, 3.8) is 0 Å². The molecule has 0 aliphatic heterocycles. The van der Waals surface area contributed by atoms with Crippen LogP contribution in [0.15, 0.2) is 158 Å². The fourth-order valence-corrected chi connectivity index (χ4v) is 10.7. The Morgan fingerprint density at radius 3 is 0.897 bits per heavy atom. The summed E-state index contributed by atoms with van der Waals surface area (Å²) in [4.78, 5) is 58.4. The molecule has 5 unspecified atom stereocenters. The van der Waals surface area contributed by atoms with Gasteiger partial charge in [-0.05, 0) is 141 Å². The van der Waals surface area contributed by atoms with Crippen LogP contribution in [0, 0.1) is 0 Å². The number of allylic oxidation sites excluding steroid dienone is 26. The monoisotopic (exact) mass is 1400 g/mol. The Labute approximate surface area is 587 Å². The van der Waals surface area contributed by atoms with E-state index < -0.39 is 91.5 Å². The van der Waals surface area contributed by atoms with Crippen LogP contribution < -0.4 is 0 Å². The van der Waals surface area contributed by atoms with Gasteiger partial charge in [0.2, 0.25) is 0 Å². The van der Waals surface area contributed by atoms with Crippen molar-refractivity contribution < 1.29 is 75.8 Å². The Kier molecular flexibility index (Phi) is 67.5. The molecule has 0 aromatic carbocycles. The molecular weight excluding hydrogens is 1270 g/mol. The number of hydrogen-bond donors (Lipinski definition) is 4. The summed E-state index contributed by atoms with van der Waals surface area (Å²) in [6.45, 7) is 2.31. The van der Waals surface area contributed by atoms with E-state index in [1.807, 2.05) is 0 Å². The predicted molar refractivity (Wildman–Crippen MR) is 399 cm³/mol. The molecule has 18 heteroatoms. The molecule has 0 amide bonds. The molecule has 4 N–H and O–H groups in total. The molecule has 0 saturated carbocycles. The number of unbranched alkanes of at least 4 members (excludes halogenated alkanes) is 19. The summed E-state index contributed by atoms with van der Waals surface area (Å²) in [5.74, 6) is -1.65. The van der Waals surface area contributed by atoms with Crippen molar-refractivity contribution in [1.29, 1.82) is 0 Å². The van der Waals surface area contributed by atoms with Crippen molar-refractivity contribution in [1.82, 2.24) is 0 Å². The molecule has 552 valence electrons. The van der Waals surface area contributed by atoms with E-state index >= 15 is 0 Å². The minimum atomic E-state index is -4.94. The van der Waals surface area contributed by atoms with Crippen LogP contribution in [0.1, 0.15) is 265 Å². The predicted octanol–water partition coefficient (Wildman–Crippen LogP) is 21.1. The van der Waals surface area contributed by atoms with Gasteiger partial charge in [-0.25, -0.2) is 9.13 Å². The van der Waals surface area contributed by atoms with E-state index in [0.717, 1.165) is 161 Å². The van der Waals surface area contributed by atoms with Gasteiger partial charge in [0.15, 0.2) is 6.10 Å². The first-order valence-electron chi connectivity index (χ1n) is 36.8. The van der Waals surface area contributed by atoms with Gasteiger partial charge in [0.1, 0.15) is 25.4 Å². The van der Waals surface area contributed by atoms with Gasteiger partial charge in [-0.15, -0.1) is 0 Å². The van der Waals surface area contributed by atoms with Crippen LogP contribution in [-0.4, -0.2) is 95.9 Å². The van der Waals surface area contributed by atoms with E-state index in [-0.39, 0.29) is 19.3 Å². The molecule has 0 saturated heterocycles. The molecule has 0 bridgehead atoms. The van der Waals surface area contributed by atoms with Crippen LogP contribution in [0.25, 0.3) is 0 Å². The van der Waals surface area contributed by atoms with Crippen molar-refractivity contribution in [2.24, 2.45) is 0 Å². The van der Waals surface area contributed by atoms with Crippen LogP contribution in [0.2, 0.25) is 0 Å². The standard InChI is InChI=1S/C79H130O16P2/c1-4-7-10-13-16-19-22-24-26-28-30-32-33-34-35-36-37-38-39-41-43-44-46-48-51-53-56-59-62-65-77(82)89-68-74(80)69-91-96(85,86)92-70-75(81)71-93-97(87,88)94-73-76(95-79(84)67-64-61-58-55-50-21-18-15-12-9-6-3)72-90-78(83)66-63-60-57-54-52-49-47-45-42-40-31-29-27-25-23-20-17-14-11-8-5-2/h7-8,10-11,15-20,24-27,30-32,34-35,37-38,40,45,47,52,54,74-76,80-81H,4-6,9,12-14,21-23,28-29,33,36,39,41-44,46,48-51,53,55-73H2,1-3H3,(H,85,86)(H,87,88)/b10-7-,11-8-,18-15-,19-16-,20-17-,26-24-,27-25-,32-30-,35-34-,38-37-,40-31-,47-45-,54-52-. The number of rotatable bonds is 68. The van der Waals surface area contributed by atoms with E-state index in [4.69, 9.17) is 32.3 Å².